The van der Waals surface area contributed by atoms with Gasteiger partial charge in [-0.05, 0) is 38.0 Å². The molecule has 16 heavy (non-hydrogen) atoms. The van der Waals surface area contributed by atoms with Gasteiger partial charge in [-0.1, -0.05) is 13.8 Å². The molecule has 0 amide bonds. The van der Waals surface area contributed by atoms with E-state index < -0.39 is 9.84 Å². The second-order valence-electron chi connectivity index (χ2n) is 5.77. The molecule has 0 spiro atoms. The number of hydrogen-bond donors (Lipinski definition) is 1. The molecule has 2 aliphatic rings. The lowest BCUT2D eigenvalue weighted by molar-refractivity contribution is 0.233. The predicted octanol–water partition coefficient (Wildman–Crippen LogP) is 1.59. The molecular weight excluding hydrogens is 222 g/mol. The maximum atomic E-state index is 12.3. The molecule has 1 N–H and O–H groups in total. The zero-order valence-corrected chi connectivity index (χ0v) is 11.3. The molecule has 0 radical (unpaired) electrons. The SMILES string of the molecule is CC(C)C1CCC2NCC(C)S(=O)(=O)C2C1. The molecule has 0 aromatic heterocycles. The smallest absolute Gasteiger partial charge is 0.158 e. The molecule has 0 bridgehead atoms. The summed E-state index contributed by atoms with van der Waals surface area (Å²) >= 11 is 0. The number of fused-ring (bicyclic) bond motifs is 1. The van der Waals surface area contributed by atoms with Crippen molar-refractivity contribution in [2.75, 3.05) is 6.54 Å². The Kier molecular flexibility index (Phi) is 3.32. The normalized spacial score (nSPS) is 43.0. The molecule has 4 heteroatoms. The highest BCUT2D eigenvalue weighted by molar-refractivity contribution is 7.92. The number of sulfone groups is 1. The van der Waals surface area contributed by atoms with E-state index >= 15 is 0 Å². The van der Waals surface area contributed by atoms with Gasteiger partial charge in [-0.2, -0.15) is 0 Å². The first-order valence-corrected chi connectivity index (χ1v) is 8.00. The van der Waals surface area contributed by atoms with Crippen molar-refractivity contribution in [3.8, 4) is 0 Å². The molecule has 1 aliphatic carbocycles. The molecule has 1 aliphatic heterocycles. The lowest BCUT2D eigenvalue weighted by atomic mass is 9.79. The lowest BCUT2D eigenvalue weighted by Gasteiger charge is -2.42. The van der Waals surface area contributed by atoms with Gasteiger partial charge < -0.3 is 5.32 Å². The molecule has 2 fully saturated rings. The van der Waals surface area contributed by atoms with Crippen LogP contribution in [0, 0.1) is 11.8 Å². The predicted molar refractivity (Wildman–Crippen MR) is 66.1 cm³/mol. The van der Waals surface area contributed by atoms with Crippen LogP contribution in [0.1, 0.15) is 40.0 Å². The van der Waals surface area contributed by atoms with Crippen LogP contribution in [0.25, 0.3) is 0 Å². The van der Waals surface area contributed by atoms with Gasteiger partial charge in [0.25, 0.3) is 0 Å². The van der Waals surface area contributed by atoms with Crippen LogP contribution in [0.4, 0.5) is 0 Å². The van der Waals surface area contributed by atoms with Gasteiger partial charge in [-0.25, -0.2) is 8.42 Å². The Labute approximate surface area is 98.9 Å². The maximum absolute atomic E-state index is 12.3. The first kappa shape index (κ1) is 12.4. The van der Waals surface area contributed by atoms with Crippen molar-refractivity contribution in [3.63, 3.8) is 0 Å². The van der Waals surface area contributed by atoms with E-state index in [9.17, 15) is 8.42 Å². The van der Waals surface area contributed by atoms with Crippen molar-refractivity contribution in [2.24, 2.45) is 11.8 Å². The van der Waals surface area contributed by atoms with Gasteiger partial charge in [-0.3, -0.25) is 0 Å². The van der Waals surface area contributed by atoms with Crippen molar-refractivity contribution in [1.82, 2.24) is 5.32 Å². The summed E-state index contributed by atoms with van der Waals surface area (Å²) < 4.78 is 24.6. The van der Waals surface area contributed by atoms with Gasteiger partial charge in [-0.15, -0.1) is 0 Å². The molecule has 2 rings (SSSR count). The minimum atomic E-state index is -2.89. The van der Waals surface area contributed by atoms with Gasteiger partial charge in [0.2, 0.25) is 0 Å². The average molecular weight is 245 g/mol. The van der Waals surface area contributed by atoms with Crippen molar-refractivity contribution in [3.05, 3.63) is 0 Å². The van der Waals surface area contributed by atoms with Crippen molar-refractivity contribution in [2.45, 2.75) is 56.6 Å². The fraction of sp³-hybridized carbons (Fsp3) is 1.00. The van der Waals surface area contributed by atoms with Crippen LogP contribution in [0.2, 0.25) is 0 Å². The Morgan fingerprint density at radius 1 is 1.25 bits per heavy atom. The van der Waals surface area contributed by atoms with Crippen LogP contribution in [-0.4, -0.2) is 31.5 Å². The fourth-order valence-electron chi connectivity index (χ4n) is 3.09. The van der Waals surface area contributed by atoms with Crippen molar-refractivity contribution >= 4 is 9.84 Å². The monoisotopic (exact) mass is 245 g/mol. The van der Waals surface area contributed by atoms with E-state index in [-0.39, 0.29) is 16.5 Å². The Morgan fingerprint density at radius 2 is 1.94 bits per heavy atom. The third kappa shape index (κ3) is 2.02. The van der Waals surface area contributed by atoms with E-state index in [2.05, 4.69) is 19.2 Å². The molecule has 4 atom stereocenters. The highest BCUT2D eigenvalue weighted by atomic mass is 32.2. The summed E-state index contributed by atoms with van der Waals surface area (Å²) in [5.41, 5.74) is 0. The fourth-order valence-corrected chi connectivity index (χ4v) is 5.22. The standard InChI is InChI=1S/C12H23NO2S/c1-8(2)10-4-5-11-12(6-10)16(14,15)9(3)7-13-11/h8-13H,4-7H2,1-3H3. The summed E-state index contributed by atoms with van der Waals surface area (Å²) in [7, 11) is -2.89. The summed E-state index contributed by atoms with van der Waals surface area (Å²) in [6.07, 6.45) is 3.07. The summed E-state index contributed by atoms with van der Waals surface area (Å²) in [4.78, 5) is 0. The highest BCUT2D eigenvalue weighted by Gasteiger charge is 2.44. The van der Waals surface area contributed by atoms with Crippen LogP contribution < -0.4 is 5.32 Å². The zero-order chi connectivity index (χ0) is 11.9. The van der Waals surface area contributed by atoms with E-state index in [0.717, 1.165) is 12.8 Å². The second-order valence-corrected chi connectivity index (χ2v) is 8.36. The van der Waals surface area contributed by atoms with Gasteiger partial charge in [0.1, 0.15) is 0 Å². The molecule has 0 aromatic rings. The van der Waals surface area contributed by atoms with Gasteiger partial charge in [0, 0.05) is 12.6 Å². The van der Waals surface area contributed by atoms with Crippen LogP contribution >= 0.6 is 0 Å². The highest BCUT2D eigenvalue weighted by Crippen LogP contribution is 2.36. The quantitative estimate of drug-likeness (QED) is 0.763. The average Bonchev–Trinajstić information content (AvgIpc) is 2.23. The largest absolute Gasteiger partial charge is 0.311 e. The molecule has 1 heterocycles. The summed E-state index contributed by atoms with van der Waals surface area (Å²) in [5, 5.41) is 3.07. The Morgan fingerprint density at radius 3 is 2.56 bits per heavy atom. The number of hydrogen-bond acceptors (Lipinski definition) is 3. The maximum Gasteiger partial charge on any atom is 0.158 e. The number of nitrogens with one attached hydrogen (secondary N) is 1. The van der Waals surface area contributed by atoms with E-state index in [4.69, 9.17) is 0 Å². The molecule has 94 valence electrons. The minimum absolute atomic E-state index is 0.127. The topological polar surface area (TPSA) is 46.2 Å². The third-order valence-corrected chi connectivity index (χ3v) is 7.08. The first-order valence-electron chi connectivity index (χ1n) is 6.39. The lowest BCUT2D eigenvalue weighted by Crippen LogP contribution is -2.58. The molecular formula is C12H23NO2S. The Balaban J connectivity index is 2.19. The zero-order valence-electron chi connectivity index (χ0n) is 10.4. The van der Waals surface area contributed by atoms with Gasteiger partial charge in [0.05, 0.1) is 10.5 Å². The molecule has 1 saturated carbocycles. The summed E-state index contributed by atoms with van der Waals surface area (Å²) in [5.74, 6) is 1.19. The molecule has 1 saturated heterocycles. The van der Waals surface area contributed by atoms with Crippen molar-refractivity contribution < 1.29 is 8.42 Å². The van der Waals surface area contributed by atoms with Crippen molar-refractivity contribution in [1.29, 1.82) is 0 Å². The first-order chi connectivity index (χ1) is 7.43. The van der Waals surface area contributed by atoms with Crippen LogP contribution in [-0.2, 0) is 9.84 Å². The van der Waals surface area contributed by atoms with E-state index in [1.165, 1.54) is 6.42 Å². The van der Waals surface area contributed by atoms with E-state index in [1.54, 1.807) is 0 Å². The molecule has 3 nitrogen and oxygen atoms in total. The van der Waals surface area contributed by atoms with E-state index in [0.29, 0.717) is 18.4 Å². The van der Waals surface area contributed by atoms with E-state index in [1.807, 2.05) is 6.92 Å². The third-order valence-electron chi connectivity index (χ3n) is 4.43. The van der Waals surface area contributed by atoms with Crippen LogP contribution in [0.15, 0.2) is 0 Å². The minimum Gasteiger partial charge on any atom is -0.311 e. The molecule has 4 unspecified atom stereocenters. The Bertz CT molecular complexity index is 350. The Hall–Kier alpha value is -0.0900. The number of rotatable bonds is 1. The van der Waals surface area contributed by atoms with Crippen LogP contribution in [0.5, 0.6) is 0 Å². The van der Waals surface area contributed by atoms with Gasteiger partial charge in [0.15, 0.2) is 9.84 Å². The second kappa shape index (κ2) is 4.30. The molecule has 0 aromatic carbocycles. The summed E-state index contributed by atoms with van der Waals surface area (Å²) in [6, 6.07) is 0.219. The summed E-state index contributed by atoms with van der Waals surface area (Å²) in [6.45, 7) is 6.88. The van der Waals surface area contributed by atoms with Gasteiger partial charge >= 0.3 is 0 Å². The van der Waals surface area contributed by atoms with Crippen LogP contribution in [0.3, 0.4) is 0 Å².